The standard InChI is InChI=1S/C31H36N4O2/c1-20-14-24(11-12-27(20)25-6-5-13-34(3)19-25)26-15-28-29(17-33-30(28)32-16-26)22-7-9-23(10-8-22)31(37)35(4)18-21(2)36/h7-12,14-17,21,25,36H,5-6,13,18-19H2,1-4H3,(H,32,33)/t21-,25-/m1/s1. The highest BCUT2D eigenvalue weighted by Gasteiger charge is 2.21. The van der Waals surface area contributed by atoms with Gasteiger partial charge in [-0.25, -0.2) is 4.98 Å². The molecule has 1 saturated heterocycles. The molecule has 6 nitrogen and oxygen atoms in total. The molecular weight excluding hydrogens is 460 g/mol. The minimum atomic E-state index is -0.560. The van der Waals surface area contributed by atoms with E-state index in [0.29, 0.717) is 18.0 Å². The number of nitrogens with zero attached hydrogens (tertiary/aromatic N) is 3. The molecule has 1 aliphatic rings. The smallest absolute Gasteiger partial charge is 0.253 e. The maximum Gasteiger partial charge on any atom is 0.253 e. The fraction of sp³-hybridized carbons (Fsp3) is 0.355. The van der Waals surface area contributed by atoms with Crippen LogP contribution < -0.4 is 0 Å². The number of likely N-dealkylation sites (tertiary alicyclic amines) is 1. The largest absolute Gasteiger partial charge is 0.392 e. The number of aromatic nitrogens is 2. The fourth-order valence-electron chi connectivity index (χ4n) is 5.63. The van der Waals surface area contributed by atoms with Gasteiger partial charge in [0.25, 0.3) is 5.91 Å². The average Bonchev–Trinajstić information content (AvgIpc) is 3.31. The molecule has 0 bridgehead atoms. The molecule has 37 heavy (non-hydrogen) atoms. The van der Waals surface area contributed by atoms with E-state index >= 15 is 0 Å². The first-order valence-corrected chi connectivity index (χ1v) is 13.1. The summed E-state index contributed by atoms with van der Waals surface area (Å²) in [5, 5.41) is 10.6. The van der Waals surface area contributed by atoms with Gasteiger partial charge in [-0.2, -0.15) is 0 Å². The molecule has 1 amide bonds. The van der Waals surface area contributed by atoms with E-state index < -0.39 is 6.10 Å². The van der Waals surface area contributed by atoms with Gasteiger partial charge in [-0.3, -0.25) is 4.79 Å². The van der Waals surface area contributed by atoms with Crippen LogP contribution in [0.3, 0.4) is 0 Å². The Bertz CT molecular complexity index is 1410. The van der Waals surface area contributed by atoms with Gasteiger partial charge in [0.2, 0.25) is 0 Å². The average molecular weight is 497 g/mol. The highest BCUT2D eigenvalue weighted by Crippen LogP contribution is 2.34. The van der Waals surface area contributed by atoms with Crippen molar-refractivity contribution in [3.8, 4) is 22.3 Å². The van der Waals surface area contributed by atoms with Gasteiger partial charge < -0.3 is 19.9 Å². The zero-order chi connectivity index (χ0) is 26.1. The van der Waals surface area contributed by atoms with Crippen molar-refractivity contribution in [1.82, 2.24) is 19.8 Å². The summed E-state index contributed by atoms with van der Waals surface area (Å²) in [6.07, 6.45) is 5.87. The van der Waals surface area contributed by atoms with Gasteiger partial charge in [-0.05, 0) is 86.7 Å². The van der Waals surface area contributed by atoms with E-state index in [4.69, 9.17) is 4.98 Å². The maximum atomic E-state index is 12.7. The molecule has 6 heteroatoms. The molecule has 192 valence electrons. The molecule has 0 aliphatic carbocycles. The van der Waals surface area contributed by atoms with Crippen LogP contribution in [0.4, 0.5) is 0 Å². The number of aliphatic hydroxyl groups is 1. The molecule has 0 unspecified atom stereocenters. The molecule has 1 fully saturated rings. The number of hydrogen-bond acceptors (Lipinski definition) is 4. The van der Waals surface area contributed by atoms with Gasteiger partial charge in [0, 0.05) is 54.6 Å². The summed E-state index contributed by atoms with van der Waals surface area (Å²) in [4.78, 5) is 24.6. The molecule has 0 radical (unpaired) electrons. The van der Waals surface area contributed by atoms with Gasteiger partial charge >= 0.3 is 0 Å². The molecule has 2 aromatic carbocycles. The molecule has 5 rings (SSSR count). The van der Waals surface area contributed by atoms with Gasteiger partial charge in [-0.1, -0.05) is 30.3 Å². The van der Waals surface area contributed by atoms with E-state index in [1.165, 1.54) is 36.1 Å². The van der Waals surface area contributed by atoms with E-state index in [9.17, 15) is 9.90 Å². The van der Waals surface area contributed by atoms with Crippen LogP contribution >= 0.6 is 0 Å². The summed E-state index contributed by atoms with van der Waals surface area (Å²) in [5.74, 6) is 0.500. The predicted octanol–water partition coefficient (Wildman–Crippen LogP) is 5.47. The highest BCUT2D eigenvalue weighted by molar-refractivity contribution is 5.98. The second-order valence-electron chi connectivity index (χ2n) is 10.6. The lowest BCUT2D eigenvalue weighted by Crippen LogP contribution is -2.32. The number of carbonyl (C=O) groups is 1. The van der Waals surface area contributed by atoms with Crippen molar-refractivity contribution in [2.24, 2.45) is 0 Å². The third-order valence-electron chi connectivity index (χ3n) is 7.53. The van der Waals surface area contributed by atoms with Crippen LogP contribution in [-0.2, 0) is 0 Å². The van der Waals surface area contributed by atoms with Gasteiger partial charge in [0.15, 0.2) is 0 Å². The highest BCUT2D eigenvalue weighted by atomic mass is 16.3. The Kier molecular flexibility index (Phi) is 7.13. The first-order chi connectivity index (χ1) is 17.8. The molecular formula is C31H36N4O2. The van der Waals surface area contributed by atoms with Crippen molar-refractivity contribution >= 4 is 16.9 Å². The van der Waals surface area contributed by atoms with Crippen molar-refractivity contribution in [2.75, 3.05) is 33.7 Å². The summed E-state index contributed by atoms with van der Waals surface area (Å²) in [7, 11) is 3.92. The van der Waals surface area contributed by atoms with Crippen LogP contribution in [0.2, 0.25) is 0 Å². The summed E-state index contributed by atoms with van der Waals surface area (Å²) in [6.45, 7) is 6.52. The lowest BCUT2D eigenvalue weighted by atomic mass is 9.87. The molecule has 0 saturated carbocycles. The van der Waals surface area contributed by atoms with Crippen LogP contribution in [0, 0.1) is 6.92 Å². The number of piperidine rings is 1. The second-order valence-corrected chi connectivity index (χ2v) is 10.6. The third-order valence-corrected chi connectivity index (χ3v) is 7.53. The summed E-state index contributed by atoms with van der Waals surface area (Å²) in [6, 6.07) is 16.7. The Hall–Kier alpha value is -3.48. The SMILES string of the molecule is Cc1cc(-c2cnc3[nH]cc(-c4ccc(C(=O)N(C)C[C@@H](C)O)cc4)c3c2)ccc1[C@@H]1CCCN(C)C1. The summed E-state index contributed by atoms with van der Waals surface area (Å²) >= 11 is 0. The number of nitrogens with one attached hydrogen (secondary N) is 1. The Labute approximate surface area is 219 Å². The van der Waals surface area contributed by atoms with Crippen LogP contribution in [0.1, 0.15) is 47.2 Å². The maximum absolute atomic E-state index is 12.7. The second kappa shape index (κ2) is 10.5. The Morgan fingerprint density at radius 1 is 1.16 bits per heavy atom. The van der Waals surface area contributed by atoms with E-state index in [1.807, 2.05) is 36.7 Å². The van der Waals surface area contributed by atoms with Gasteiger partial charge in [-0.15, -0.1) is 0 Å². The zero-order valence-electron chi connectivity index (χ0n) is 22.2. The molecule has 2 atom stereocenters. The van der Waals surface area contributed by atoms with E-state index in [-0.39, 0.29) is 5.91 Å². The van der Waals surface area contributed by atoms with E-state index in [2.05, 4.69) is 48.1 Å². The van der Waals surface area contributed by atoms with E-state index in [0.717, 1.165) is 34.3 Å². The molecule has 2 N–H and O–H groups in total. The van der Waals surface area contributed by atoms with Crippen molar-refractivity contribution < 1.29 is 9.90 Å². The normalized spacial score (nSPS) is 17.2. The van der Waals surface area contributed by atoms with Crippen molar-refractivity contribution in [3.63, 3.8) is 0 Å². The molecule has 1 aliphatic heterocycles. The Morgan fingerprint density at radius 2 is 1.92 bits per heavy atom. The van der Waals surface area contributed by atoms with Crippen molar-refractivity contribution in [3.05, 3.63) is 77.6 Å². The van der Waals surface area contributed by atoms with Crippen LogP contribution in [0.5, 0.6) is 0 Å². The summed E-state index contributed by atoms with van der Waals surface area (Å²) in [5.41, 5.74) is 8.59. The number of pyridine rings is 1. The molecule has 3 heterocycles. The summed E-state index contributed by atoms with van der Waals surface area (Å²) < 4.78 is 0. The number of H-pyrrole nitrogens is 1. The van der Waals surface area contributed by atoms with Gasteiger partial charge in [0.1, 0.15) is 5.65 Å². The van der Waals surface area contributed by atoms with Crippen molar-refractivity contribution in [2.45, 2.75) is 38.7 Å². The number of carbonyl (C=O) groups excluding carboxylic acids is 1. The van der Waals surface area contributed by atoms with Crippen LogP contribution in [0.25, 0.3) is 33.3 Å². The number of hydrogen-bond donors (Lipinski definition) is 2. The van der Waals surface area contributed by atoms with Crippen LogP contribution in [-0.4, -0.2) is 70.6 Å². The lowest BCUT2D eigenvalue weighted by Gasteiger charge is -2.31. The molecule has 2 aromatic heterocycles. The molecule has 0 spiro atoms. The first-order valence-electron chi connectivity index (χ1n) is 13.1. The van der Waals surface area contributed by atoms with E-state index in [1.54, 1.807) is 18.9 Å². The zero-order valence-corrected chi connectivity index (χ0v) is 22.2. The number of aryl methyl sites for hydroxylation is 1. The number of likely N-dealkylation sites (N-methyl/N-ethyl adjacent to an activating group) is 2. The number of benzene rings is 2. The number of aromatic amines is 1. The predicted molar refractivity (Wildman–Crippen MR) is 150 cm³/mol. The minimum absolute atomic E-state index is 0.103. The Morgan fingerprint density at radius 3 is 2.62 bits per heavy atom. The first kappa shape index (κ1) is 25.2. The number of amides is 1. The fourth-order valence-corrected chi connectivity index (χ4v) is 5.63. The Balaban J connectivity index is 1.41. The minimum Gasteiger partial charge on any atom is -0.392 e. The topological polar surface area (TPSA) is 72.5 Å². The van der Waals surface area contributed by atoms with Crippen LogP contribution in [0.15, 0.2) is 60.9 Å². The third kappa shape index (κ3) is 5.31. The number of rotatable bonds is 6. The monoisotopic (exact) mass is 496 g/mol. The number of aliphatic hydroxyl groups excluding tert-OH is 1. The van der Waals surface area contributed by atoms with Crippen molar-refractivity contribution in [1.29, 1.82) is 0 Å². The molecule has 4 aromatic rings. The lowest BCUT2D eigenvalue weighted by molar-refractivity contribution is 0.0703. The quantitative estimate of drug-likeness (QED) is 0.371. The van der Waals surface area contributed by atoms with Gasteiger partial charge in [0.05, 0.1) is 6.10 Å². The number of fused-ring (bicyclic) bond motifs is 1.